The fraction of sp³-hybridized carbons (Fsp3) is 0.182. The number of hydrogen-bond donors (Lipinski definition) is 3. The number of methoxy groups -OCH3 is 1. The third-order valence-corrected chi connectivity index (χ3v) is 5.79. The van der Waals surface area contributed by atoms with Crippen LogP contribution in [0.2, 0.25) is 10.0 Å². The van der Waals surface area contributed by atoms with E-state index in [0.717, 1.165) is 27.6 Å². The molecule has 3 N–H and O–H groups in total. The zero-order valence-electron chi connectivity index (χ0n) is 16.2. The lowest BCUT2D eigenvalue weighted by atomic mass is 9.95. The van der Waals surface area contributed by atoms with Crippen LogP contribution in [0.5, 0.6) is 5.75 Å². The van der Waals surface area contributed by atoms with Gasteiger partial charge in [-0.05, 0) is 41.0 Å². The van der Waals surface area contributed by atoms with Gasteiger partial charge in [0.05, 0.1) is 29.4 Å². The van der Waals surface area contributed by atoms with Crippen LogP contribution >= 0.6 is 23.2 Å². The molecule has 1 saturated heterocycles. The molecule has 1 amide bonds. The molecular formula is C22H20Cl2N4O2. The molecule has 0 bridgehead atoms. The molecule has 0 aliphatic carbocycles. The van der Waals surface area contributed by atoms with Gasteiger partial charge in [-0.1, -0.05) is 59.6 Å². The molecule has 30 heavy (non-hydrogen) atoms. The van der Waals surface area contributed by atoms with Crippen LogP contribution in [0, 0.1) is 0 Å². The quantitative estimate of drug-likeness (QED) is 0.408. The number of rotatable bonds is 5. The Morgan fingerprint density at radius 1 is 1.13 bits per heavy atom. The standard InChI is InChI=1S/C22H20Cl2N4O2/c1-30-20-9-7-14-4-2-3-5-15(14)21(20)18-11-19(27-26-18)22(29)28-25-12-13-6-8-16(23)17(24)10-13/h2-10,12,18-19,26-27H,11H2,1H3,(H,28,29)/b25-12+. The molecule has 0 radical (unpaired) electrons. The summed E-state index contributed by atoms with van der Waals surface area (Å²) in [4.78, 5) is 12.5. The van der Waals surface area contributed by atoms with E-state index in [2.05, 4.69) is 33.5 Å². The van der Waals surface area contributed by atoms with Crippen molar-refractivity contribution in [2.75, 3.05) is 7.11 Å². The van der Waals surface area contributed by atoms with E-state index in [-0.39, 0.29) is 11.9 Å². The van der Waals surface area contributed by atoms with Crippen molar-refractivity contribution in [3.63, 3.8) is 0 Å². The fourth-order valence-electron chi connectivity index (χ4n) is 3.57. The molecule has 1 aliphatic rings. The Morgan fingerprint density at radius 2 is 1.97 bits per heavy atom. The molecule has 0 saturated carbocycles. The van der Waals surface area contributed by atoms with E-state index < -0.39 is 6.04 Å². The fourth-order valence-corrected chi connectivity index (χ4v) is 3.88. The van der Waals surface area contributed by atoms with Crippen LogP contribution in [-0.4, -0.2) is 25.3 Å². The molecule has 3 aromatic rings. The lowest BCUT2D eigenvalue weighted by Crippen LogP contribution is -2.41. The number of nitrogens with one attached hydrogen (secondary N) is 3. The highest BCUT2D eigenvalue weighted by molar-refractivity contribution is 6.42. The highest BCUT2D eigenvalue weighted by atomic mass is 35.5. The number of ether oxygens (including phenoxy) is 1. The van der Waals surface area contributed by atoms with Gasteiger partial charge in [0.1, 0.15) is 11.8 Å². The summed E-state index contributed by atoms with van der Waals surface area (Å²) >= 11 is 11.9. The summed E-state index contributed by atoms with van der Waals surface area (Å²) in [6.07, 6.45) is 2.08. The number of hydrogen-bond acceptors (Lipinski definition) is 5. The second-order valence-corrected chi connectivity index (χ2v) is 7.75. The average Bonchev–Trinajstić information content (AvgIpc) is 3.25. The maximum atomic E-state index is 12.5. The molecular weight excluding hydrogens is 423 g/mol. The normalized spacial score (nSPS) is 18.8. The number of carbonyl (C=O) groups excluding carboxylic acids is 1. The molecule has 6 nitrogen and oxygen atoms in total. The molecule has 1 heterocycles. The van der Waals surface area contributed by atoms with Gasteiger partial charge in [0.15, 0.2) is 0 Å². The number of carbonyl (C=O) groups is 1. The Labute approximate surface area is 184 Å². The van der Waals surface area contributed by atoms with Crippen molar-refractivity contribution in [1.82, 2.24) is 16.3 Å². The van der Waals surface area contributed by atoms with Gasteiger partial charge in [0.2, 0.25) is 0 Å². The molecule has 1 aliphatic heterocycles. The van der Waals surface area contributed by atoms with E-state index in [9.17, 15) is 4.79 Å². The Hall–Kier alpha value is -2.64. The number of nitrogens with zero attached hydrogens (tertiary/aromatic N) is 1. The highest BCUT2D eigenvalue weighted by Gasteiger charge is 2.32. The molecule has 8 heteroatoms. The minimum Gasteiger partial charge on any atom is -0.496 e. The Bertz CT molecular complexity index is 1120. The van der Waals surface area contributed by atoms with Crippen LogP contribution in [0.3, 0.4) is 0 Å². The van der Waals surface area contributed by atoms with Gasteiger partial charge in [-0.25, -0.2) is 16.3 Å². The molecule has 0 aromatic heterocycles. The van der Waals surface area contributed by atoms with Crippen LogP contribution < -0.4 is 21.0 Å². The largest absolute Gasteiger partial charge is 0.496 e. The lowest BCUT2D eigenvalue weighted by molar-refractivity contribution is -0.122. The topological polar surface area (TPSA) is 74.8 Å². The first-order valence-corrected chi connectivity index (χ1v) is 10.2. The van der Waals surface area contributed by atoms with Gasteiger partial charge in [0.25, 0.3) is 5.91 Å². The summed E-state index contributed by atoms with van der Waals surface area (Å²) in [5, 5.41) is 7.13. The number of fused-ring (bicyclic) bond motifs is 1. The molecule has 4 rings (SSSR count). The van der Waals surface area contributed by atoms with Gasteiger partial charge in [0, 0.05) is 5.56 Å². The van der Waals surface area contributed by atoms with Gasteiger partial charge >= 0.3 is 0 Å². The first kappa shape index (κ1) is 20.6. The van der Waals surface area contributed by atoms with E-state index >= 15 is 0 Å². The first-order chi connectivity index (χ1) is 14.6. The Kier molecular flexibility index (Phi) is 6.20. The molecule has 2 unspecified atom stereocenters. The number of amides is 1. The summed E-state index contributed by atoms with van der Waals surface area (Å²) in [6, 6.07) is 16.7. The van der Waals surface area contributed by atoms with E-state index in [1.165, 1.54) is 6.21 Å². The number of halogens is 2. The van der Waals surface area contributed by atoms with Crippen molar-refractivity contribution in [2.45, 2.75) is 18.5 Å². The van der Waals surface area contributed by atoms with Gasteiger partial charge in [-0.15, -0.1) is 0 Å². The predicted octanol–water partition coefficient (Wildman–Crippen LogP) is 4.21. The molecule has 1 fully saturated rings. The summed E-state index contributed by atoms with van der Waals surface area (Å²) in [6.45, 7) is 0. The minimum atomic E-state index is -0.440. The van der Waals surface area contributed by atoms with Gasteiger partial charge in [-0.2, -0.15) is 5.10 Å². The van der Waals surface area contributed by atoms with Gasteiger partial charge < -0.3 is 4.74 Å². The number of hydrazone groups is 1. The van der Waals surface area contributed by atoms with Crippen molar-refractivity contribution >= 4 is 46.1 Å². The van der Waals surface area contributed by atoms with Crippen LogP contribution in [0.25, 0.3) is 10.8 Å². The monoisotopic (exact) mass is 442 g/mol. The van der Waals surface area contributed by atoms with Crippen molar-refractivity contribution in [3.8, 4) is 5.75 Å². The van der Waals surface area contributed by atoms with Gasteiger partial charge in [-0.3, -0.25) is 4.79 Å². The zero-order chi connectivity index (χ0) is 21.1. The second kappa shape index (κ2) is 9.02. The van der Waals surface area contributed by atoms with E-state index in [4.69, 9.17) is 27.9 Å². The third-order valence-electron chi connectivity index (χ3n) is 5.05. The molecule has 0 spiro atoms. The number of hydrazine groups is 1. The van der Waals surface area contributed by atoms with E-state index in [0.29, 0.717) is 16.5 Å². The van der Waals surface area contributed by atoms with E-state index in [1.54, 1.807) is 25.3 Å². The maximum Gasteiger partial charge on any atom is 0.258 e. The Balaban J connectivity index is 1.45. The Morgan fingerprint density at radius 3 is 2.77 bits per heavy atom. The minimum absolute atomic E-state index is 0.0825. The third kappa shape index (κ3) is 4.27. The van der Waals surface area contributed by atoms with Crippen LogP contribution in [-0.2, 0) is 4.79 Å². The zero-order valence-corrected chi connectivity index (χ0v) is 17.7. The average molecular weight is 443 g/mol. The van der Waals surface area contributed by atoms with Crippen LogP contribution in [0.4, 0.5) is 0 Å². The van der Waals surface area contributed by atoms with Crippen LogP contribution in [0.1, 0.15) is 23.6 Å². The molecule has 2 atom stereocenters. The summed E-state index contributed by atoms with van der Waals surface area (Å²) in [5.41, 5.74) is 10.6. The summed E-state index contributed by atoms with van der Waals surface area (Å²) < 4.78 is 5.58. The predicted molar refractivity (Wildman–Crippen MR) is 120 cm³/mol. The van der Waals surface area contributed by atoms with E-state index in [1.807, 2.05) is 24.3 Å². The van der Waals surface area contributed by atoms with Crippen molar-refractivity contribution in [2.24, 2.45) is 5.10 Å². The van der Waals surface area contributed by atoms with Crippen molar-refractivity contribution < 1.29 is 9.53 Å². The summed E-state index contributed by atoms with van der Waals surface area (Å²) in [5.74, 6) is 0.548. The second-order valence-electron chi connectivity index (χ2n) is 6.94. The highest BCUT2D eigenvalue weighted by Crippen LogP contribution is 2.36. The van der Waals surface area contributed by atoms with Crippen molar-refractivity contribution in [3.05, 3.63) is 75.8 Å². The van der Waals surface area contributed by atoms with Crippen LogP contribution in [0.15, 0.2) is 59.7 Å². The number of benzene rings is 3. The van der Waals surface area contributed by atoms with Crippen molar-refractivity contribution in [1.29, 1.82) is 0 Å². The first-order valence-electron chi connectivity index (χ1n) is 9.41. The molecule has 154 valence electrons. The maximum absolute atomic E-state index is 12.5. The SMILES string of the molecule is COc1ccc2ccccc2c1C1CC(C(=O)N/N=C/c2ccc(Cl)c(Cl)c2)NN1. The summed E-state index contributed by atoms with van der Waals surface area (Å²) in [7, 11) is 1.65. The molecule has 3 aromatic carbocycles. The smallest absolute Gasteiger partial charge is 0.258 e. The lowest BCUT2D eigenvalue weighted by Gasteiger charge is -2.17.